The van der Waals surface area contributed by atoms with Crippen LogP contribution in [0.3, 0.4) is 0 Å². The summed E-state index contributed by atoms with van der Waals surface area (Å²) in [7, 11) is 1.60. The number of methoxy groups -OCH3 is 1. The number of hydrogen-bond donors (Lipinski definition) is 1. The molecule has 1 aliphatic rings. The van der Waals surface area contributed by atoms with Crippen molar-refractivity contribution in [3.63, 3.8) is 0 Å². The Kier molecular flexibility index (Phi) is 5.52. The highest BCUT2D eigenvalue weighted by atomic mass is 32.2. The van der Waals surface area contributed by atoms with Crippen molar-refractivity contribution in [2.75, 3.05) is 29.3 Å². The number of anilines is 2. The number of nitrogens with zero attached hydrogens (tertiary/aromatic N) is 1. The molecule has 1 aliphatic heterocycles. The second-order valence-corrected chi connectivity index (χ2v) is 6.50. The van der Waals surface area contributed by atoms with E-state index in [9.17, 15) is 4.79 Å². The summed E-state index contributed by atoms with van der Waals surface area (Å²) in [6.45, 7) is 3.66. The Hall–Kier alpha value is -1.47. The first kappa shape index (κ1) is 16.9. The molecule has 1 N–H and O–H groups in total. The largest absolute Gasteiger partial charge is 0.497 e. The average Bonchev–Trinajstić information content (AvgIpc) is 2.46. The number of carbonyl (C=O) groups is 1. The predicted molar refractivity (Wildman–Crippen MR) is 95.5 cm³/mol. The standard InChI is InChI=1S/C15H20N2O3S2/c1-9(2)20-15(18)17-12-7-10(19-3)5-6-11(12)16-14(21)13(17)8-22-4/h5-7,9,13H,8H2,1-4H3,(H,16,21)/t13-/m0/s1. The lowest BCUT2D eigenvalue weighted by Gasteiger charge is -2.37. The van der Waals surface area contributed by atoms with Gasteiger partial charge in [0.15, 0.2) is 0 Å². The van der Waals surface area contributed by atoms with Crippen LogP contribution in [0.5, 0.6) is 5.75 Å². The van der Waals surface area contributed by atoms with Crippen molar-refractivity contribution in [2.24, 2.45) is 0 Å². The summed E-state index contributed by atoms with van der Waals surface area (Å²) in [5.41, 5.74) is 1.50. The molecule has 22 heavy (non-hydrogen) atoms. The Morgan fingerprint density at radius 1 is 1.50 bits per heavy atom. The molecule has 2 rings (SSSR count). The van der Waals surface area contributed by atoms with Crippen molar-refractivity contribution in [2.45, 2.75) is 26.0 Å². The summed E-state index contributed by atoms with van der Waals surface area (Å²) in [4.78, 5) is 14.8. The van der Waals surface area contributed by atoms with E-state index in [2.05, 4.69) is 5.32 Å². The van der Waals surface area contributed by atoms with Gasteiger partial charge in [-0.1, -0.05) is 12.2 Å². The number of ether oxygens (including phenoxy) is 2. The first-order valence-electron chi connectivity index (χ1n) is 6.95. The number of benzene rings is 1. The van der Waals surface area contributed by atoms with Gasteiger partial charge in [-0.2, -0.15) is 11.8 Å². The Morgan fingerprint density at radius 2 is 2.23 bits per heavy atom. The van der Waals surface area contributed by atoms with E-state index in [0.717, 1.165) is 11.4 Å². The van der Waals surface area contributed by atoms with Gasteiger partial charge in [0.25, 0.3) is 0 Å². The highest BCUT2D eigenvalue weighted by Crippen LogP contribution is 2.36. The lowest BCUT2D eigenvalue weighted by atomic mass is 10.1. The molecule has 0 saturated heterocycles. The first-order chi connectivity index (χ1) is 10.5. The number of rotatable bonds is 4. The molecule has 1 atom stereocenters. The molecular weight excluding hydrogens is 320 g/mol. The van der Waals surface area contributed by atoms with E-state index in [1.165, 1.54) is 0 Å². The predicted octanol–water partition coefficient (Wildman–Crippen LogP) is 3.53. The molecule has 0 aromatic heterocycles. The second-order valence-electron chi connectivity index (χ2n) is 5.15. The van der Waals surface area contributed by atoms with E-state index in [0.29, 0.717) is 16.5 Å². The average molecular weight is 340 g/mol. The summed E-state index contributed by atoms with van der Waals surface area (Å²) in [5, 5.41) is 3.20. The maximum absolute atomic E-state index is 12.6. The van der Waals surface area contributed by atoms with Crippen LogP contribution in [0, 0.1) is 0 Å². The third-order valence-corrected chi connectivity index (χ3v) is 4.22. The number of fused-ring (bicyclic) bond motifs is 1. The monoisotopic (exact) mass is 340 g/mol. The van der Waals surface area contributed by atoms with Crippen LogP contribution in [0.1, 0.15) is 13.8 Å². The lowest BCUT2D eigenvalue weighted by Crippen LogP contribution is -2.52. The van der Waals surface area contributed by atoms with Gasteiger partial charge in [0.1, 0.15) is 10.7 Å². The smallest absolute Gasteiger partial charge is 0.415 e. The van der Waals surface area contributed by atoms with Crippen molar-refractivity contribution in [1.29, 1.82) is 0 Å². The molecule has 0 aliphatic carbocycles. The van der Waals surface area contributed by atoms with Gasteiger partial charge >= 0.3 is 6.09 Å². The number of carbonyl (C=O) groups excluding carboxylic acids is 1. The summed E-state index contributed by atoms with van der Waals surface area (Å²) in [5.74, 6) is 1.37. The zero-order valence-electron chi connectivity index (χ0n) is 13.1. The highest BCUT2D eigenvalue weighted by Gasteiger charge is 2.36. The fraction of sp³-hybridized carbons (Fsp3) is 0.467. The molecule has 0 saturated carbocycles. The van der Waals surface area contributed by atoms with Gasteiger partial charge in [0, 0.05) is 11.8 Å². The third kappa shape index (κ3) is 3.47. The number of nitrogens with one attached hydrogen (secondary N) is 1. The van der Waals surface area contributed by atoms with Crippen LogP contribution < -0.4 is 15.0 Å². The molecule has 0 bridgehead atoms. The number of thioether (sulfide) groups is 1. The van der Waals surface area contributed by atoms with Crippen molar-refractivity contribution in [1.82, 2.24) is 0 Å². The fourth-order valence-electron chi connectivity index (χ4n) is 2.24. The normalized spacial score (nSPS) is 17.0. The minimum absolute atomic E-state index is 0.194. The van der Waals surface area contributed by atoms with E-state index >= 15 is 0 Å². The first-order valence-corrected chi connectivity index (χ1v) is 8.75. The lowest BCUT2D eigenvalue weighted by molar-refractivity contribution is 0.122. The van der Waals surface area contributed by atoms with E-state index in [1.54, 1.807) is 23.8 Å². The zero-order chi connectivity index (χ0) is 16.3. The van der Waals surface area contributed by atoms with Crippen molar-refractivity contribution < 1.29 is 14.3 Å². The number of thiocarbonyl (C=S) groups is 1. The van der Waals surface area contributed by atoms with E-state index in [-0.39, 0.29) is 12.1 Å². The summed E-state index contributed by atoms with van der Waals surface area (Å²) in [6, 6.07) is 5.26. The summed E-state index contributed by atoms with van der Waals surface area (Å²) >= 11 is 7.06. The van der Waals surface area contributed by atoms with Crippen molar-refractivity contribution in [3.05, 3.63) is 18.2 Å². The maximum Gasteiger partial charge on any atom is 0.415 e. The highest BCUT2D eigenvalue weighted by molar-refractivity contribution is 7.98. The second kappa shape index (κ2) is 7.19. The maximum atomic E-state index is 12.6. The van der Waals surface area contributed by atoms with Crippen LogP contribution in [0.15, 0.2) is 18.2 Å². The molecule has 1 heterocycles. The topological polar surface area (TPSA) is 50.8 Å². The van der Waals surface area contributed by atoms with Crippen LogP contribution in [0.25, 0.3) is 0 Å². The zero-order valence-corrected chi connectivity index (χ0v) is 14.7. The van der Waals surface area contributed by atoms with Crippen LogP contribution in [-0.4, -0.2) is 42.3 Å². The van der Waals surface area contributed by atoms with Crippen molar-refractivity contribution >= 4 is 46.4 Å². The van der Waals surface area contributed by atoms with Gasteiger partial charge in [-0.25, -0.2) is 4.79 Å². The van der Waals surface area contributed by atoms with E-state index in [4.69, 9.17) is 21.7 Å². The molecule has 0 spiro atoms. The fourth-order valence-corrected chi connectivity index (χ4v) is 3.27. The van der Waals surface area contributed by atoms with Crippen LogP contribution in [0.2, 0.25) is 0 Å². The van der Waals surface area contributed by atoms with E-state index < -0.39 is 6.09 Å². The summed E-state index contributed by atoms with van der Waals surface area (Å²) < 4.78 is 10.7. The molecule has 120 valence electrons. The molecule has 7 heteroatoms. The molecule has 1 aromatic rings. The minimum atomic E-state index is -0.396. The van der Waals surface area contributed by atoms with Gasteiger partial charge in [-0.15, -0.1) is 0 Å². The van der Waals surface area contributed by atoms with E-state index in [1.807, 2.05) is 38.3 Å². The Morgan fingerprint density at radius 3 is 2.82 bits per heavy atom. The molecule has 1 aromatic carbocycles. The van der Waals surface area contributed by atoms with Gasteiger partial charge in [-0.05, 0) is 32.2 Å². The van der Waals surface area contributed by atoms with Crippen LogP contribution >= 0.6 is 24.0 Å². The van der Waals surface area contributed by atoms with Gasteiger partial charge in [0.05, 0.1) is 30.6 Å². The molecular formula is C15H20N2O3S2. The molecule has 0 fully saturated rings. The molecule has 5 nitrogen and oxygen atoms in total. The van der Waals surface area contributed by atoms with Crippen LogP contribution in [-0.2, 0) is 4.74 Å². The van der Waals surface area contributed by atoms with Gasteiger partial charge < -0.3 is 14.8 Å². The van der Waals surface area contributed by atoms with Gasteiger partial charge in [-0.3, -0.25) is 4.90 Å². The SMILES string of the molecule is COc1ccc2c(c1)N(C(=O)OC(C)C)[C@@H](CSC)C(=S)N2. The third-order valence-electron chi connectivity index (χ3n) is 3.19. The molecule has 0 unspecified atom stereocenters. The van der Waals surface area contributed by atoms with Gasteiger partial charge in [0.2, 0.25) is 0 Å². The summed E-state index contributed by atoms with van der Waals surface area (Å²) in [6.07, 6.45) is 1.39. The molecule has 1 amide bonds. The van der Waals surface area contributed by atoms with Crippen LogP contribution in [0.4, 0.5) is 16.2 Å². The Bertz CT molecular complexity index is 578. The molecule has 0 radical (unpaired) electrons. The quantitative estimate of drug-likeness (QED) is 0.846. The number of hydrogen-bond acceptors (Lipinski definition) is 5. The Balaban J connectivity index is 2.47. The number of amides is 1. The van der Waals surface area contributed by atoms with Crippen molar-refractivity contribution in [3.8, 4) is 5.75 Å². The Labute approximate surface area is 140 Å². The minimum Gasteiger partial charge on any atom is -0.497 e.